The predicted molar refractivity (Wildman–Crippen MR) is 52.5 cm³/mol. The molecule has 0 atom stereocenters. The number of thioether (sulfide) groups is 1. The molecular formula is C8H10N2O2S. The molecule has 0 aliphatic carbocycles. The average molecular weight is 198 g/mol. The van der Waals surface area contributed by atoms with Crippen LogP contribution in [-0.2, 0) is 9.59 Å². The molecule has 0 aromatic rings. The first-order chi connectivity index (χ1) is 6.15. The molecule has 0 unspecified atom stereocenters. The molecule has 0 aromatic heterocycles. The summed E-state index contributed by atoms with van der Waals surface area (Å²) in [5.41, 5.74) is 0. The Morgan fingerprint density at radius 1 is 1.85 bits per heavy atom. The highest BCUT2D eigenvalue weighted by Gasteiger charge is 2.27. The summed E-state index contributed by atoms with van der Waals surface area (Å²) >= 11 is 1.28. The average Bonchev–Trinajstić information content (AvgIpc) is 2.35. The maximum atomic E-state index is 11.2. The van der Waals surface area contributed by atoms with Crippen LogP contribution in [0.5, 0.6) is 0 Å². The van der Waals surface area contributed by atoms with Gasteiger partial charge in [-0.1, -0.05) is 17.8 Å². The highest BCUT2D eigenvalue weighted by atomic mass is 32.2. The molecule has 0 bridgehead atoms. The quantitative estimate of drug-likeness (QED) is 0.612. The smallest absolute Gasteiger partial charge is 0.244 e. The number of hydrogen-bond donors (Lipinski definition) is 0. The number of rotatable bonds is 2. The van der Waals surface area contributed by atoms with Crippen LogP contribution in [0.25, 0.3) is 0 Å². The fourth-order valence-corrected chi connectivity index (χ4v) is 1.86. The summed E-state index contributed by atoms with van der Waals surface area (Å²) in [6.45, 7) is 5.31. The van der Waals surface area contributed by atoms with Gasteiger partial charge in [0.15, 0.2) is 5.17 Å². The number of carbonyl (C=O) groups is 2. The van der Waals surface area contributed by atoms with E-state index in [9.17, 15) is 9.59 Å². The van der Waals surface area contributed by atoms with Crippen LogP contribution in [0, 0.1) is 0 Å². The van der Waals surface area contributed by atoms with Gasteiger partial charge in [0.2, 0.25) is 11.8 Å². The van der Waals surface area contributed by atoms with Crippen LogP contribution in [-0.4, -0.2) is 34.2 Å². The van der Waals surface area contributed by atoms with Gasteiger partial charge in [0.1, 0.15) is 0 Å². The number of hydrogen-bond acceptors (Lipinski definition) is 3. The summed E-state index contributed by atoms with van der Waals surface area (Å²) in [4.78, 5) is 27.1. The summed E-state index contributed by atoms with van der Waals surface area (Å²) in [6, 6.07) is 0. The third kappa shape index (κ3) is 2.42. The Labute approximate surface area is 80.7 Å². The van der Waals surface area contributed by atoms with Gasteiger partial charge in [-0.15, -0.1) is 6.58 Å². The van der Waals surface area contributed by atoms with Gasteiger partial charge in [0.05, 0.1) is 5.75 Å². The molecule has 13 heavy (non-hydrogen) atoms. The molecule has 1 fully saturated rings. The maximum absolute atomic E-state index is 11.2. The molecule has 0 aromatic carbocycles. The molecule has 1 heterocycles. The van der Waals surface area contributed by atoms with Crippen LogP contribution >= 0.6 is 11.8 Å². The lowest BCUT2D eigenvalue weighted by atomic mass is 10.5. The molecule has 5 heteroatoms. The van der Waals surface area contributed by atoms with Crippen molar-refractivity contribution in [2.45, 2.75) is 6.92 Å². The topological polar surface area (TPSA) is 49.7 Å². The second-order valence-corrected chi connectivity index (χ2v) is 3.44. The Morgan fingerprint density at radius 3 is 3.08 bits per heavy atom. The summed E-state index contributed by atoms with van der Waals surface area (Å²) in [5.74, 6) is 0.0520. The van der Waals surface area contributed by atoms with Crippen molar-refractivity contribution >= 4 is 28.7 Å². The standard InChI is InChI=1S/C8H10N2O2S/c1-3-4-10-7(12)5-13-8(10)9-6(2)11/h3H,1,4-5H2,2H3. The molecule has 1 saturated heterocycles. The van der Waals surface area contributed by atoms with E-state index in [2.05, 4.69) is 11.6 Å². The second kappa shape index (κ2) is 4.23. The van der Waals surface area contributed by atoms with Crippen molar-refractivity contribution in [3.63, 3.8) is 0 Å². The zero-order valence-electron chi connectivity index (χ0n) is 7.32. The van der Waals surface area contributed by atoms with Gasteiger partial charge >= 0.3 is 0 Å². The zero-order chi connectivity index (χ0) is 9.84. The molecular weight excluding hydrogens is 188 g/mol. The second-order valence-electron chi connectivity index (χ2n) is 2.50. The Kier molecular flexibility index (Phi) is 3.25. The van der Waals surface area contributed by atoms with Gasteiger partial charge in [0.25, 0.3) is 0 Å². The summed E-state index contributed by atoms with van der Waals surface area (Å²) in [7, 11) is 0. The van der Waals surface area contributed by atoms with Crippen molar-refractivity contribution < 1.29 is 9.59 Å². The van der Waals surface area contributed by atoms with E-state index >= 15 is 0 Å². The number of aliphatic imine (C=N–C) groups is 1. The van der Waals surface area contributed by atoms with Crippen LogP contribution in [0.15, 0.2) is 17.6 Å². The monoisotopic (exact) mass is 198 g/mol. The van der Waals surface area contributed by atoms with E-state index in [0.29, 0.717) is 17.5 Å². The molecule has 0 radical (unpaired) electrons. The largest absolute Gasteiger partial charge is 0.287 e. The molecule has 1 aliphatic heterocycles. The van der Waals surface area contributed by atoms with Crippen LogP contribution in [0.2, 0.25) is 0 Å². The first kappa shape index (κ1) is 9.98. The molecule has 4 nitrogen and oxygen atoms in total. The van der Waals surface area contributed by atoms with Gasteiger partial charge in [0, 0.05) is 13.5 Å². The minimum atomic E-state index is -0.286. The Balaban J connectivity index is 2.80. The van der Waals surface area contributed by atoms with Crippen molar-refractivity contribution in [3.8, 4) is 0 Å². The van der Waals surface area contributed by atoms with E-state index in [1.807, 2.05) is 0 Å². The fourth-order valence-electron chi connectivity index (χ4n) is 0.925. The van der Waals surface area contributed by atoms with Gasteiger partial charge in [-0.05, 0) is 0 Å². The van der Waals surface area contributed by atoms with Crippen molar-refractivity contribution in [2.24, 2.45) is 4.99 Å². The zero-order valence-corrected chi connectivity index (χ0v) is 8.13. The van der Waals surface area contributed by atoms with E-state index in [4.69, 9.17) is 0 Å². The Morgan fingerprint density at radius 2 is 2.54 bits per heavy atom. The first-order valence-electron chi connectivity index (χ1n) is 3.78. The van der Waals surface area contributed by atoms with Crippen LogP contribution < -0.4 is 0 Å². The highest BCUT2D eigenvalue weighted by molar-refractivity contribution is 8.15. The summed E-state index contributed by atoms with van der Waals surface area (Å²) in [6.07, 6.45) is 1.61. The molecule has 2 amide bonds. The molecule has 0 saturated carbocycles. The number of carbonyl (C=O) groups excluding carboxylic acids is 2. The Hall–Kier alpha value is -1.10. The van der Waals surface area contributed by atoms with Crippen LogP contribution in [0.3, 0.4) is 0 Å². The lowest BCUT2D eigenvalue weighted by Crippen LogP contribution is -2.29. The number of amides is 2. The van der Waals surface area contributed by atoms with E-state index in [-0.39, 0.29) is 11.8 Å². The molecule has 70 valence electrons. The van der Waals surface area contributed by atoms with Crippen molar-refractivity contribution in [1.82, 2.24) is 4.90 Å². The van der Waals surface area contributed by atoms with Crippen molar-refractivity contribution in [1.29, 1.82) is 0 Å². The lowest BCUT2D eigenvalue weighted by Gasteiger charge is -2.11. The normalized spacial score (nSPS) is 19.6. The van der Waals surface area contributed by atoms with Gasteiger partial charge in [-0.25, -0.2) is 0 Å². The van der Waals surface area contributed by atoms with Gasteiger partial charge < -0.3 is 0 Å². The van der Waals surface area contributed by atoms with E-state index in [1.54, 1.807) is 6.08 Å². The van der Waals surface area contributed by atoms with Crippen molar-refractivity contribution in [3.05, 3.63) is 12.7 Å². The van der Waals surface area contributed by atoms with E-state index in [0.717, 1.165) is 0 Å². The number of amidine groups is 1. The third-order valence-electron chi connectivity index (χ3n) is 1.42. The molecule has 1 aliphatic rings. The van der Waals surface area contributed by atoms with Crippen LogP contribution in [0.1, 0.15) is 6.92 Å². The highest BCUT2D eigenvalue weighted by Crippen LogP contribution is 2.18. The molecule has 1 rings (SSSR count). The summed E-state index contributed by atoms with van der Waals surface area (Å²) < 4.78 is 0. The van der Waals surface area contributed by atoms with Crippen molar-refractivity contribution in [2.75, 3.05) is 12.3 Å². The third-order valence-corrected chi connectivity index (χ3v) is 2.38. The molecule has 0 N–H and O–H groups in total. The minimum Gasteiger partial charge on any atom is -0.287 e. The minimum absolute atomic E-state index is 0.0232. The maximum Gasteiger partial charge on any atom is 0.244 e. The first-order valence-corrected chi connectivity index (χ1v) is 4.77. The van der Waals surface area contributed by atoms with Gasteiger partial charge in [-0.2, -0.15) is 4.99 Å². The Bertz CT molecular complexity index is 286. The SMILES string of the molecule is C=CCN1C(=O)CSC1=NC(C)=O. The molecule has 0 spiro atoms. The van der Waals surface area contributed by atoms with E-state index < -0.39 is 0 Å². The lowest BCUT2D eigenvalue weighted by molar-refractivity contribution is -0.123. The van der Waals surface area contributed by atoms with Crippen LogP contribution in [0.4, 0.5) is 0 Å². The number of nitrogens with zero attached hydrogens (tertiary/aromatic N) is 2. The fraction of sp³-hybridized carbons (Fsp3) is 0.375. The predicted octanol–water partition coefficient (Wildman–Crippen LogP) is 0.650. The van der Waals surface area contributed by atoms with Gasteiger partial charge in [-0.3, -0.25) is 14.5 Å². The van der Waals surface area contributed by atoms with E-state index in [1.165, 1.54) is 23.6 Å². The summed E-state index contributed by atoms with van der Waals surface area (Å²) in [5, 5.41) is 0.484.